The van der Waals surface area contributed by atoms with Crippen LogP contribution in [0.4, 0.5) is 10.6 Å². The van der Waals surface area contributed by atoms with Crippen LogP contribution in [0.5, 0.6) is 0 Å². The third-order valence-corrected chi connectivity index (χ3v) is 3.93. The Kier molecular flexibility index (Phi) is 5.87. The molecule has 0 aliphatic carbocycles. The number of hydrogen-bond acceptors (Lipinski definition) is 5. The fourth-order valence-electron chi connectivity index (χ4n) is 2.85. The van der Waals surface area contributed by atoms with Crippen molar-refractivity contribution in [2.75, 3.05) is 25.5 Å². The maximum Gasteiger partial charge on any atom is 0.410 e. The Morgan fingerprint density at radius 1 is 1.40 bits per heavy atom. The van der Waals surface area contributed by atoms with Crippen molar-refractivity contribution < 1.29 is 14.3 Å². The number of ether oxygens (including phenoxy) is 1. The monoisotopic (exact) mass is 348 g/mol. The molecule has 7 nitrogen and oxygen atoms in total. The number of nitrogens with one attached hydrogen (secondary N) is 1. The normalized spacial score (nSPS) is 17.3. The van der Waals surface area contributed by atoms with Gasteiger partial charge in [-0.05, 0) is 39.7 Å². The maximum absolute atomic E-state index is 12.6. The summed E-state index contributed by atoms with van der Waals surface area (Å²) >= 11 is 0. The van der Waals surface area contributed by atoms with Crippen molar-refractivity contribution in [3.8, 4) is 0 Å². The molecule has 25 heavy (non-hydrogen) atoms. The van der Waals surface area contributed by atoms with Crippen LogP contribution in [0.1, 0.15) is 39.2 Å². The molecule has 2 amide bonds. The molecule has 1 aliphatic rings. The lowest BCUT2D eigenvalue weighted by atomic mass is 10.2. The molecule has 1 fully saturated rings. The minimum Gasteiger partial charge on any atom is -0.444 e. The second-order valence-electron chi connectivity index (χ2n) is 7.43. The summed E-state index contributed by atoms with van der Waals surface area (Å²) in [6.07, 6.45) is 2.74. The highest BCUT2D eigenvalue weighted by atomic mass is 16.6. The van der Waals surface area contributed by atoms with Gasteiger partial charge in [0.05, 0.1) is 0 Å². The Hall–Kier alpha value is -2.31. The molecule has 1 saturated heterocycles. The van der Waals surface area contributed by atoms with E-state index in [2.05, 4.69) is 10.3 Å². The van der Waals surface area contributed by atoms with E-state index in [0.29, 0.717) is 19.5 Å². The van der Waals surface area contributed by atoms with Crippen LogP contribution in [0.15, 0.2) is 18.3 Å². The molecule has 1 aromatic heterocycles. The van der Waals surface area contributed by atoms with Crippen LogP contribution in [0.25, 0.3) is 0 Å². The molecule has 1 aliphatic heterocycles. The zero-order valence-corrected chi connectivity index (χ0v) is 15.7. The Morgan fingerprint density at radius 2 is 2.12 bits per heavy atom. The van der Waals surface area contributed by atoms with E-state index in [1.807, 2.05) is 51.9 Å². The number of hydrogen-bond donors (Lipinski definition) is 1. The predicted molar refractivity (Wildman–Crippen MR) is 96.4 cm³/mol. The van der Waals surface area contributed by atoms with Crippen molar-refractivity contribution in [3.05, 3.63) is 23.9 Å². The molecule has 138 valence electrons. The van der Waals surface area contributed by atoms with Gasteiger partial charge in [-0.15, -0.1) is 0 Å². The molecule has 1 aromatic rings. The maximum atomic E-state index is 12.6. The van der Waals surface area contributed by atoms with Gasteiger partial charge in [-0.25, -0.2) is 9.78 Å². The van der Waals surface area contributed by atoms with Crippen LogP contribution < -0.4 is 10.2 Å². The fraction of sp³-hybridized carbons (Fsp3) is 0.611. The molecule has 0 unspecified atom stereocenters. The van der Waals surface area contributed by atoms with Crippen LogP contribution in [-0.2, 0) is 16.1 Å². The van der Waals surface area contributed by atoms with Crippen molar-refractivity contribution in [2.24, 2.45) is 0 Å². The van der Waals surface area contributed by atoms with E-state index in [1.165, 1.54) is 4.90 Å². The van der Waals surface area contributed by atoms with Gasteiger partial charge in [0.15, 0.2) is 0 Å². The molecule has 2 heterocycles. The first-order valence-electron chi connectivity index (χ1n) is 8.57. The summed E-state index contributed by atoms with van der Waals surface area (Å²) in [5, 5.41) is 2.93. The number of carbonyl (C=O) groups excluding carboxylic acids is 2. The molecular formula is C18H28N4O3. The van der Waals surface area contributed by atoms with Crippen LogP contribution in [0.3, 0.4) is 0 Å². The van der Waals surface area contributed by atoms with Crippen LogP contribution >= 0.6 is 0 Å². The van der Waals surface area contributed by atoms with Gasteiger partial charge in [-0.2, -0.15) is 0 Å². The summed E-state index contributed by atoms with van der Waals surface area (Å²) in [7, 11) is 3.82. The van der Waals surface area contributed by atoms with Crippen molar-refractivity contribution >= 4 is 17.8 Å². The van der Waals surface area contributed by atoms with E-state index in [0.717, 1.165) is 17.8 Å². The number of anilines is 1. The SMILES string of the molecule is CN(C)c1ncccc1CNC(=O)[C@H]1CCCN1C(=O)OC(C)(C)C. The Balaban J connectivity index is 1.99. The number of likely N-dealkylation sites (tertiary alicyclic amines) is 1. The van der Waals surface area contributed by atoms with Crippen LogP contribution in [0, 0.1) is 0 Å². The van der Waals surface area contributed by atoms with Gasteiger partial charge in [-0.3, -0.25) is 9.69 Å². The van der Waals surface area contributed by atoms with Gasteiger partial charge in [0.2, 0.25) is 5.91 Å². The number of carbonyl (C=O) groups is 2. The first-order chi connectivity index (χ1) is 11.7. The predicted octanol–water partition coefficient (Wildman–Crippen LogP) is 2.16. The largest absolute Gasteiger partial charge is 0.444 e. The quantitative estimate of drug-likeness (QED) is 0.902. The highest BCUT2D eigenvalue weighted by Crippen LogP contribution is 2.21. The van der Waals surface area contributed by atoms with E-state index in [4.69, 9.17) is 4.74 Å². The molecule has 0 radical (unpaired) electrons. The summed E-state index contributed by atoms with van der Waals surface area (Å²) in [6.45, 7) is 6.38. The van der Waals surface area contributed by atoms with Gasteiger partial charge in [-0.1, -0.05) is 6.07 Å². The van der Waals surface area contributed by atoms with Crippen molar-refractivity contribution in [3.63, 3.8) is 0 Å². The summed E-state index contributed by atoms with van der Waals surface area (Å²) in [6, 6.07) is 3.30. The van der Waals surface area contributed by atoms with E-state index in [-0.39, 0.29) is 5.91 Å². The summed E-state index contributed by atoms with van der Waals surface area (Å²) in [5.74, 6) is 0.662. The van der Waals surface area contributed by atoms with Gasteiger partial charge < -0.3 is 15.0 Å². The minimum atomic E-state index is -0.572. The second-order valence-corrected chi connectivity index (χ2v) is 7.43. The van der Waals surface area contributed by atoms with Gasteiger partial charge >= 0.3 is 6.09 Å². The molecule has 1 atom stereocenters. The molecule has 7 heteroatoms. The van der Waals surface area contributed by atoms with E-state index in [1.54, 1.807) is 6.20 Å². The zero-order chi connectivity index (χ0) is 18.6. The molecule has 1 N–H and O–H groups in total. The van der Waals surface area contributed by atoms with Crippen molar-refractivity contribution in [2.45, 2.75) is 51.8 Å². The van der Waals surface area contributed by atoms with E-state index < -0.39 is 17.7 Å². The number of pyridine rings is 1. The van der Waals surface area contributed by atoms with Gasteiger partial charge in [0.1, 0.15) is 17.5 Å². The summed E-state index contributed by atoms with van der Waals surface area (Å²) < 4.78 is 5.41. The lowest BCUT2D eigenvalue weighted by molar-refractivity contribution is -0.125. The van der Waals surface area contributed by atoms with Crippen LogP contribution in [0.2, 0.25) is 0 Å². The average molecular weight is 348 g/mol. The number of aromatic nitrogens is 1. The smallest absolute Gasteiger partial charge is 0.410 e. The van der Waals surface area contributed by atoms with E-state index >= 15 is 0 Å². The summed E-state index contributed by atoms with van der Waals surface area (Å²) in [5.41, 5.74) is 0.361. The standard InChI is InChI=1S/C18H28N4O3/c1-18(2,3)25-17(24)22-11-7-9-14(22)16(23)20-12-13-8-6-10-19-15(13)21(4)5/h6,8,10,14H,7,9,11-12H2,1-5H3,(H,20,23)/t14-/m1/s1. The fourth-order valence-corrected chi connectivity index (χ4v) is 2.85. The van der Waals surface area contributed by atoms with Gasteiger partial charge in [0.25, 0.3) is 0 Å². The third kappa shape index (κ3) is 5.08. The molecule has 0 saturated carbocycles. The highest BCUT2D eigenvalue weighted by Gasteiger charge is 2.36. The molecule has 0 bridgehead atoms. The Morgan fingerprint density at radius 3 is 2.76 bits per heavy atom. The highest BCUT2D eigenvalue weighted by molar-refractivity contribution is 5.86. The van der Waals surface area contributed by atoms with Crippen LogP contribution in [-0.4, -0.2) is 54.2 Å². The first kappa shape index (κ1) is 19.0. The number of amides is 2. The summed E-state index contributed by atoms with van der Waals surface area (Å²) in [4.78, 5) is 32.6. The number of nitrogens with zero attached hydrogens (tertiary/aromatic N) is 3. The minimum absolute atomic E-state index is 0.156. The van der Waals surface area contributed by atoms with E-state index in [9.17, 15) is 9.59 Å². The number of rotatable bonds is 4. The van der Waals surface area contributed by atoms with Crippen molar-refractivity contribution in [1.82, 2.24) is 15.2 Å². The zero-order valence-electron chi connectivity index (χ0n) is 15.7. The second kappa shape index (κ2) is 7.72. The Bertz CT molecular complexity index is 625. The third-order valence-electron chi connectivity index (χ3n) is 3.93. The molecule has 2 rings (SSSR count). The molecular weight excluding hydrogens is 320 g/mol. The lowest BCUT2D eigenvalue weighted by Crippen LogP contribution is -2.47. The molecule has 0 aromatic carbocycles. The lowest BCUT2D eigenvalue weighted by Gasteiger charge is -2.28. The van der Waals surface area contributed by atoms with Crippen molar-refractivity contribution in [1.29, 1.82) is 0 Å². The first-order valence-corrected chi connectivity index (χ1v) is 8.57. The average Bonchev–Trinajstić information content (AvgIpc) is 3.01. The molecule has 0 spiro atoms. The topological polar surface area (TPSA) is 74.8 Å². The van der Waals surface area contributed by atoms with Gasteiger partial charge in [0, 0.05) is 38.9 Å². The Labute approximate surface area is 149 Å².